The van der Waals surface area contributed by atoms with E-state index >= 15 is 0 Å². The fourth-order valence-electron chi connectivity index (χ4n) is 2.87. The first kappa shape index (κ1) is 14.3. The highest BCUT2D eigenvalue weighted by atomic mass is 16.6. The summed E-state index contributed by atoms with van der Waals surface area (Å²) in [5, 5.41) is 18.7. The molecule has 0 radical (unpaired) electrons. The van der Waals surface area contributed by atoms with Gasteiger partial charge in [0.15, 0.2) is 0 Å². The predicted molar refractivity (Wildman–Crippen MR) is 71.3 cm³/mol. The van der Waals surface area contributed by atoms with Crippen molar-refractivity contribution in [1.82, 2.24) is 0 Å². The van der Waals surface area contributed by atoms with Crippen molar-refractivity contribution < 1.29 is 19.7 Å². The molecule has 3 atom stereocenters. The number of ether oxygens (including phenoxy) is 1. The Morgan fingerprint density at radius 1 is 1.26 bits per heavy atom. The maximum Gasteiger partial charge on any atom is 0.309 e. The Kier molecular flexibility index (Phi) is 4.77. The number of carbonyl (C=O) groups excluding carboxylic acids is 1. The molecule has 2 rings (SSSR count). The predicted octanol–water partition coefficient (Wildman–Crippen LogP) is 1.58. The quantitative estimate of drug-likeness (QED) is 0.588. The van der Waals surface area contributed by atoms with Crippen LogP contribution in [-0.2, 0) is 9.53 Å². The maximum atomic E-state index is 11.7. The second kappa shape index (κ2) is 6.35. The fourth-order valence-corrected chi connectivity index (χ4v) is 2.87. The lowest BCUT2D eigenvalue weighted by Crippen LogP contribution is -2.19. The van der Waals surface area contributed by atoms with Crippen LogP contribution in [0, 0.1) is 11.8 Å². The molecule has 2 N–H and O–H groups in total. The summed E-state index contributed by atoms with van der Waals surface area (Å²) in [5.74, 6) is -0.125. The van der Waals surface area contributed by atoms with Crippen molar-refractivity contribution in [3.63, 3.8) is 0 Å². The molecule has 1 heterocycles. The van der Waals surface area contributed by atoms with Gasteiger partial charge >= 0.3 is 5.97 Å². The van der Waals surface area contributed by atoms with Crippen LogP contribution in [0.3, 0.4) is 0 Å². The van der Waals surface area contributed by atoms with Crippen LogP contribution < -0.4 is 0 Å². The minimum Gasteiger partial charge on any atom is -0.458 e. The van der Waals surface area contributed by atoms with E-state index in [2.05, 4.69) is 0 Å². The Balaban J connectivity index is 2.22. The molecule has 0 aromatic carbocycles. The summed E-state index contributed by atoms with van der Waals surface area (Å²) in [6, 6.07) is 0. The van der Waals surface area contributed by atoms with Crippen molar-refractivity contribution in [2.24, 2.45) is 11.8 Å². The second-order valence-electron chi connectivity index (χ2n) is 5.43. The van der Waals surface area contributed by atoms with Gasteiger partial charge in [-0.3, -0.25) is 4.79 Å². The van der Waals surface area contributed by atoms with E-state index in [-0.39, 0.29) is 37.1 Å². The summed E-state index contributed by atoms with van der Waals surface area (Å²) in [7, 11) is 0. The molecular weight excluding hydrogens is 244 g/mol. The fraction of sp³-hybridized carbons (Fsp3) is 0.667. The number of hydrogen-bond acceptors (Lipinski definition) is 4. The Labute approximate surface area is 113 Å². The van der Waals surface area contributed by atoms with Crippen LogP contribution in [0.25, 0.3) is 0 Å². The highest BCUT2D eigenvalue weighted by molar-refractivity contribution is 5.75. The van der Waals surface area contributed by atoms with Gasteiger partial charge in [-0.2, -0.15) is 0 Å². The van der Waals surface area contributed by atoms with E-state index in [1.165, 1.54) is 0 Å². The van der Waals surface area contributed by atoms with Gasteiger partial charge < -0.3 is 14.9 Å². The molecule has 1 aliphatic heterocycles. The number of hydrogen-bond donors (Lipinski definition) is 2. The molecule has 4 nitrogen and oxygen atoms in total. The number of carbonyl (C=O) groups is 1. The Hall–Kier alpha value is -1.13. The first-order valence-electron chi connectivity index (χ1n) is 6.95. The van der Waals surface area contributed by atoms with E-state index in [4.69, 9.17) is 4.74 Å². The number of allylic oxidation sites excluding steroid dienone is 1. The van der Waals surface area contributed by atoms with Gasteiger partial charge in [0, 0.05) is 5.92 Å². The zero-order chi connectivity index (χ0) is 13.8. The number of aliphatic hydroxyl groups excluding tert-OH is 2. The minimum atomic E-state index is -0.220. The van der Waals surface area contributed by atoms with E-state index in [1.807, 2.05) is 19.1 Å². The molecule has 4 heteroatoms. The third-order valence-electron chi connectivity index (χ3n) is 4.19. The summed E-state index contributed by atoms with van der Waals surface area (Å²) in [5.41, 5.74) is 1.93. The largest absolute Gasteiger partial charge is 0.458 e. The molecule has 0 bridgehead atoms. The summed E-state index contributed by atoms with van der Waals surface area (Å²) in [6.07, 6.45) is 6.94. The molecule has 1 saturated heterocycles. The zero-order valence-electron chi connectivity index (χ0n) is 11.3. The first-order chi connectivity index (χ1) is 9.15. The van der Waals surface area contributed by atoms with Crippen molar-refractivity contribution in [2.45, 2.75) is 38.7 Å². The van der Waals surface area contributed by atoms with Crippen molar-refractivity contribution >= 4 is 5.97 Å². The molecule has 0 spiro atoms. The molecule has 0 saturated carbocycles. The average Bonchev–Trinajstić information content (AvgIpc) is 2.68. The summed E-state index contributed by atoms with van der Waals surface area (Å²) >= 11 is 0. The smallest absolute Gasteiger partial charge is 0.309 e. The van der Waals surface area contributed by atoms with Gasteiger partial charge in [-0.15, -0.1) is 0 Å². The number of rotatable bonds is 2. The van der Waals surface area contributed by atoms with Crippen LogP contribution >= 0.6 is 0 Å². The van der Waals surface area contributed by atoms with Crippen LogP contribution in [0.2, 0.25) is 0 Å². The van der Waals surface area contributed by atoms with Crippen LogP contribution in [0.1, 0.15) is 32.6 Å². The van der Waals surface area contributed by atoms with Gasteiger partial charge in [-0.25, -0.2) is 0 Å². The molecule has 0 aromatic heterocycles. The molecule has 0 aromatic rings. The third kappa shape index (κ3) is 3.25. The Morgan fingerprint density at radius 3 is 2.68 bits per heavy atom. The van der Waals surface area contributed by atoms with Crippen LogP contribution in [0.15, 0.2) is 23.3 Å². The van der Waals surface area contributed by atoms with Crippen LogP contribution in [0.4, 0.5) is 0 Å². The van der Waals surface area contributed by atoms with Crippen molar-refractivity contribution in [2.75, 3.05) is 13.2 Å². The highest BCUT2D eigenvalue weighted by Gasteiger charge is 2.40. The first-order valence-corrected chi connectivity index (χ1v) is 6.95. The summed E-state index contributed by atoms with van der Waals surface area (Å²) in [6.45, 7) is 1.96. The minimum absolute atomic E-state index is 0.00253. The Bertz CT molecular complexity index is 397. The van der Waals surface area contributed by atoms with Crippen molar-refractivity contribution in [3.8, 4) is 0 Å². The van der Waals surface area contributed by atoms with E-state index in [0.29, 0.717) is 0 Å². The molecule has 2 aliphatic rings. The van der Waals surface area contributed by atoms with E-state index < -0.39 is 0 Å². The van der Waals surface area contributed by atoms with E-state index in [1.54, 1.807) is 0 Å². The molecule has 1 fully saturated rings. The van der Waals surface area contributed by atoms with Gasteiger partial charge in [-0.1, -0.05) is 13.0 Å². The Morgan fingerprint density at radius 2 is 2.00 bits per heavy atom. The van der Waals surface area contributed by atoms with E-state index in [9.17, 15) is 15.0 Å². The van der Waals surface area contributed by atoms with Gasteiger partial charge in [0.2, 0.25) is 0 Å². The molecule has 19 heavy (non-hydrogen) atoms. The standard InChI is InChI=1S/C15H22O4/c1-10-13-6-5-11(8-16)3-2-4-12(9-17)7-14(13)19-15(10)18/h3,7,10,13-14,16-17H,2,4-6,8-9H2,1H3/b11-3+,12-7-/t10-,13+,14+/m1/s1. The normalized spacial score (nSPS) is 37.6. The van der Waals surface area contributed by atoms with Crippen molar-refractivity contribution in [1.29, 1.82) is 0 Å². The summed E-state index contributed by atoms with van der Waals surface area (Å²) < 4.78 is 5.40. The van der Waals surface area contributed by atoms with Crippen LogP contribution in [0.5, 0.6) is 0 Å². The number of fused-ring (bicyclic) bond motifs is 1. The maximum absolute atomic E-state index is 11.7. The van der Waals surface area contributed by atoms with E-state index in [0.717, 1.165) is 36.8 Å². The number of esters is 1. The monoisotopic (exact) mass is 266 g/mol. The topological polar surface area (TPSA) is 66.8 Å². The molecule has 0 amide bonds. The third-order valence-corrected chi connectivity index (χ3v) is 4.19. The average molecular weight is 266 g/mol. The lowest BCUT2D eigenvalue weighted by molar-refractivity contribution is -0.142. The van der Waals surface area contributed by atoms with Crippen molar-refractivity contribution in [3.05, 3.63) is 23.3 Å². The lowest BCUT2D eigenvalue weighted by Gasteiger charge is -2.19. The lowest BCUT2D eigenvalue weighted by atomic mass is 9.84. The highest BCUT2D eigenvalue weighted by Crippen LogP contribution is 2.35. The SMILES string of the molecule is C[C@H]1C(=O)O[C@H]2/C=C(\CO)CC/C=C(/CO)CC[C@H]21. The molecule has 106 valence electrons. The molecule has 0 unspecified atom stereocenters. The van der Waals surface area contributed by atoms with Gasteiger partial charge in [0.25, 0.3) is 0 Å². The molecule has 1 aliphatic carbocycles. The van der Waals surface area contributed by atoms with Gasteiger partial charge in [0.05, 0.1) is 19.1 Å². The van der Waals surface area contributed by atoms with Gasteiger partial charge in [0.1, 0.15) is 6.10 Å². The molecular formula is C15H22O4. The number of aliphatic hydroxyl groups is 2. The summed E-state index contributed by atoms with van der Waals surface area (Å²) in [4.78, 5) is 11.7. The second-order valence-corrected chi connectivity index (χ2v) is 5.43. The van der Waals surface area contributed by atoms with Gasteiger partial charge in [-0.05, 0) is 42.9 Å². The zero-order valence-corrected chi connectivity index (χ0v) is 11.3. The van der Waals surface area contributed by atoms with Crippen LogP contribution in [-0.4, -0.2) is 35.5 Å².